The lowest BCUT2D eigenvalue weighted by atomic mass is 9.87. The molecular formula is C26H30Cl2F3N3O5S. The summed E-state index contributed by atoms with van der Waals surface area (Å²) >= 11 is 11.6. The van der Waals surface area contributed by atoms with Crippen LogP contribution in [0.2, 0.25) is 10.0 Å². The van der Waals surface area contributed by atoms with E-state index in [-0.39, 0.29) is 35.5 Å². The SMILES string of the molecule is CS(=O)(=O)OC1CCN(C(=O)CNC(=O)c2ccc(Cl)c(Cl)c2)C1.FC(F)(F)c1ccccc1C1CCNCC1. The molecule has 2 aromatic rings. The van der Waals surface area contributed by atoms with Gasteiger partial charge in [-0.15, -0.1) is 0 Å². The minimum absolute atomic E-state index is 0.0408. The molecule has 0 radical (unpaired) electrons. The van der Waals surface area contributed by atoms with E-state index in [0.717, 1.165) is 32.2 Å². The zero-order valence-corrected chi connectivity index (χ0v) is 24.0. The van der Waals surface area contributed by atoms with E-state index in [0.29, 0.717) is 23.6 Å². The van der Waals surface area contributed by atoms with Crippen molar-refractivity contribution in [2.24, 2.45) is 0 Å². The van der Waals surface area contributed by atoms with Crippen LogP contribution in [0, 0.1) is 0 Å². The molecule has 2 aliphatic heterocycles. The van der Waals surface area contributed by atoms with E-state index in [1.807, 2.05) is 0 Å². The number of carbonyl (C=O) groups excluding carboxylic acids is 2. The molecule has 0 aromatic heterocycles. The van der Waals surface area contributed by atoms with E-state index < -0.39 is 33.9 Å². The van der Waals surface area contributed by atoms with Crippen molar-refractivity contribution in [3.63, 3.8) is 0 Å². The Labute approximate surface area is 241 Å². The van der Waals surface area contributed by atoms with Crippen LogP contribution in [0.25, 0.3) is 0 Å². The quantitative estimate of drug-likeness (QED) is 0.460. The van der Waals surface area contributed by atoms with Crippen molar-refractivity contribution in [3.05, 3.63) is 69.2 Å². The monoisotopic (exact) mass is 623 g/mol. The first-order chi connectivity index (χ1) is 18.7. The number of likely N-dealkylation sites (tertiary alicyclic amines) is 1. The third-order valence-electron chi connectivity index (χ3n) is 6.44. The van der Waals surface area contributed by atoms with Crippen LogP contribution >= 0.6 is 23.2 Å². The summed E-state index contributed by atoms with van der Waals surface area (Å²) in [5.41, 5.74) is 0.273. The van der Waals surface area contributed by atoms with Gasteiger partial charge < -0.3 is 15.5 Å². The number of halogens is 5. The summed E-state index contributed by atoms with van der Waals surface area (Å²) in [7, 11) is -3.56. The van der Waals surface area contributed by atoms with E-state index >= 15 is 0 Å². The number of nitrogens with zero attached hydrogens (tertiary/aromatic N) is 1. The predicted octanol–water partition coefficient (Wildman–Crippen LogP) is 4.47. The van der Waals surface area contributed by atoms with Gasteiger partial charge in [0.1, 0.15) is 0 Å². The molecule has 4 rings (SSSR count). The summed E-state index contributed by atoms with van der Waals surface area (Å²) in [6.07, 6.45) is -1.81. The highest BCUT2D eigenvalue weighted by molar-refractivity contribution is 7.86. The summed E-state index contributed by atoms with van der Waals surface area (Å²) in [4.78, 5) is 25.5. The van der Waals surface area contributed by atoms with Crippen LogP contribution in [0.4, 0.5) is 13.2 Å². The van der Waals surface area contributed by atoms with Gasteiger partial charge in [-0.25, -0.2) is 0 Å². The van der Waals surface area contributed by atoms with Gasteiger partial charge in [0.15, 0.2) is 0 Å². The summed E-state index contributed by atoms with van der Waals surface area (Å²) in [6, 6.07) is 10.3. The molecule has 0 spiro atoms. The molecule has 14 heteroatoms. The van der Waals surface area contributed by atoms with Gasteiger partial charge in [0.25, 0.3) is 16.0 Å². The topological polar surface area (TPSA) is 105 Å². The van der Waals surface area contributed by atoms with Gasteiger partial charge in [-0.1, -0.05) is 41.4 Å². The Morgan fingerprint density at radius 3 is 2.38 bits per heavy atom. The number of hydrogen-bond acceptors (Lipinski definition) is 6. The van der Waals surface area contributed by atoms with Gasteiger partial charge in [-0.05, 0) is 68.1 Å². The molecule has 2 heterocycles. The highest BCUT2D eigenvalue weighted by Gasteiger charge is 2.35. The maximum Gasteiger partial charge on any atom is 0.416 e. The highest BCUT2D eigenvalue weighted by atomic mass is 35.5. The van der Waals surface area contributed by atoms with E-state index in [2.05, 4.69) is 10.6 Å². The molecule has 2 N–H and O–H groups in total. The number of benzene rings is 2. The molecular weight excluding hydrogens is 594 g/mol. The lowest BCUT2D eigenvalue weighted by molar-refractivity contribution is -0.138. The van der Waals surface area contributed by atoms with Crippen LogP contribution in [0.5, 0.6) is 0 Å². The lowest BCUT2D eigenvalue weighted by Crippen LogP contribution is -2.39. The van der Waals surface area contributed by atoms with Crippen molar-refractivity contribution in [1.29, 1.82) is 0 Å². The number of hydrogen-bond donors (Lipinski definition) is 2. The molecule has 8 nitrogen and oxygen atoms in total. The number of alkyl halides is 3. The van der Waals surface area contributed by atoms with Crippen LogP contribution < -0.4 is 10.6 Å². The summed E-state index contributed by atoms with van der Waals surface area (Å²) < 4.78 is 65.4. The zero-order valence-electron chi connectivity index (χ0n) is 21.6. The molecule has 0 aliphatic carbocycles. The number of carbonyl (C=O) groups is 2. The third kappa shape index (κ3) is 9.62. The minimum Gasteiger partial charge on any atom is -0.343 e. The van der Waals surface area contributed by atoms with Crippen LogP contribution in [-0.2, 0) is 25.3 Å². The average Bonchev–Trinajstić information content (AvgIpc) is 3.36. The third-order valence-corrected chi connectivity index (χ3v) is 7.80. The normalized spacial score (nSPS) is 18.1. The van der Waals surface area contributed by atoms with E-state index in [1.165, 1.54) is 35.2 Å². The molecule has 0 saturated carbocycles. The van der Waals surface area contributed by atoms with Gasteiger partial charge in [-0.2, -0.15) is 21.6 Å². The molecule has 2 aliphatic rings. The number of rotatable bonds is 6. The first kappa shape index (κ1) is 32.1. The van der Waals surface area contributed by atoms with Gasteiger partial charge in [0, 0.05) is 18.7 Å². The van der Waals surface area contributed by atoms with Crippen molar-refractivity contribution in [3.8, 4) is 0 Å². The fraction of sp³-hybridized carbons (Fsp3) is 0.462. The molecule has 1 unspecified atom stereocenters. The summed E-state index contributed by atoms with van der Waals surface area (Å²) in [5, 5.41) is 6.23. The largest absolute Gasteiger partial charge is 0.416 e. The van der Waals surface area contributed by atoms with Gasteiger partial charge in [0.05, 0.1) is 34.5 Å². The van der Waals surface area contributed by atoms with Crippen molar-refractivity contribution in [2.75, 3.05) is 39.0 Å². The molecule has 2 aromatic carbocycles. The second-order valence-electron chi connectivity index (χ2n) is 9.47. The standard InChI is InChI=1S/C14H16Cl2N2O5S.C12H14F3N/c1-24(21,22)23-10-4-5-18(8-10)13(19)7-17-14(20)9-2-3-11(15)12(16)6-9;13-12(14,15)11-4-2-1-3-10(11)9-5-7-16-8-6-9/h2-3,6,10H,4-5,7-8H2,1H3,(H,17,20);1-4,9,16H,5-8H2. The minimum atomic E-state index is -4.23. The van der Waals surface area contributed by atoms with Crippen LogP contribution in [-0.4, -0.2) is 70.2 Å². The second-order valence-corrected chi connectivity index (χ2v) is 11.9. The van der Waals surface area contributed by atoms with Crippen molar-refractivity contribution in [2.45, 2.75) is 37.5 Å². The zero-order chi connectivity index (χ0) is 29.5. The van der Waals surface area contributed by atoms with Gasteiger partial charge >= 0.3 is 6.18 Å². The Kier molecular flexibility index (Phi) is 11.2. The number of amides is 2. The smallest absolute Gasteiger partial charge is 0.343 e. The predicted molar refractivity (Wildman–Crippen MR) is 146 cm³/mol. The number of nitrogens with one attached hydrogen (secondary N) is 2. The average molecular weight is 625 g/mol. The molecule has 1 atom stereocenters. The van der Waals surface area contributed by atoms with Crippen molar-refractivity contribution < 1.29 is 35.4 Å². The molecule has 40 heavy (non-hydrogen) atoms. The maximum absolute atomic E-state index is 12.8. The molecule has 2 amide bonds. The Morgan fingerprint density at radius 2 is 1.75 bits per heavy atom. The van der Waals surface area contributed by atoms with E-state index in [9.17, 15) is 31.2 Å². The lowest BCUT2D eigenvalue weighted by Gasteiger charge is -2.25. The van der Waals surface area contributed by atoms with Crippen molar-refractivity contribution >= 4 is 45.1 Å². The van der Waals surface area contributed by atoms with Crippen molar-refractivity contribution in [1.82, 2.24) is 15.5 Å². The first-order valence-corrected chi connectivity index (χ1v) is 15.1. The molecule has 0 bridgehead atoms. The molecule has 2 fully saturated rings. The Morgan fingerprint density at radius 1 is 1.07 bits per heavy atom. The first-order valence-electron chi connectivity index (χ1n) is 12.5. The fourth-order valence-corrected chi connectivity index (χ4v) is 5.48. The maximum atomic E-state index is 12.8. The van der Waals surface area contributed by atoms with Gasteiger partial charge in [0.2, 0.25) is 5.91 Å². The molecule has 220 valence electrons. The van der Waals surface area contributed by atoms with E-state index in [4.69, 9.17) is 27.4 Å². The second kappa shape index (κ2) is 14.0. The van der Waals surface area contributed by atoms with E-state index in [1.54, 1.807) is 12.1 Å². The Bertz CT molecular complexity index is 1300. The Hall–Kier alpha value is -2.38. The number of piperidine rings is 1. The highest BCUT2D eigenvalue weighted by Crippen LogP contribution is 2.37. The van der Waals surface area contributed by atoms with Gasteiger partial charge in [-0.3, -0.25) is 13.8 Å². The van der Waals surface area contributed by atoms with Crippen LogP contribution in [0.1, 0.15) is 46.7 Å². The fourth-order valence-electron chi connectivity index (χ4n) is 4.53. The van der Waals surface area contributed by atoms with Crippen LogP contribution in [0.15, 0.2) is 42.5 Å². The van der Waals surface area contributed by atoms with Crippen LogP contribution in [0.3, 0.4) is 0 Å². The Balaban J connectivity index is 0.000000238. The summed E-state index contributed by atoms with van der Waals surface area (Å²) in [5.74, 6) is -0.730. The summed E-state index contributed by atoms with van der Waals surface area (Å²) in [6.45, 7) is 1.95. The molecule has 2 saturated heterocycles.